The summed E-state index contributed by atoms with van der Waals surface area (Å²) >= 11 is 0. The topological polar surface area (TPSA) is 66.6 Å². The molecule has 1 aromatic rings. The number of hydrogen-bond acceptors (Lipinski definition) is 3. The van der Waals surface area contributed by atoms with E-state index >= 15 is 0 Å². The number of carbonyl (C=O) groups excluding carboxylic acids is 1. The summed E-state index contributed by atoms with van der Waals surface area (Å²) in [6.45, 7) is 4.75. The van der Waals surface area contributed by atoms with Gasteiger partial charge in [0.05, 0.1) is 12.6 Å². The molecule has 1 aromatic carbocycles. The summed E-state index contributed by atoms with van der Waals surface area (Å²) < 4.78 is 0. The van der Waals surface area contributed by atoms with E-state index in [1.165, 1.54) is 0 Å². The van der Waals surface area contributed by atoms with Crippen LogP contribution in [-0.2, 0) is 11.3 Å². The highest BCUT2D eigenvalue weighted by Gasteiger charge is 2.24. The van der Waals surface area contributed by atoms with E-state index < -0.39 is 6.04 Å². The molecule has 19 heavy (non-hydrogen) atoms. The highest BCUT2D eigenvalue weighted by Crippen LogP contribution is 2.11. The molecule has 0 bridgehead atoms. The summed E-state index contributed by atoms with van der Waals surface area (Å²) in [7, 11) is 0. The second-order valence-corrected chi connectivity index (χ2v) is 4.88. The first-order chi connectivity index (χ1) is 9.10. The third-order valence-corrected chi connectivity index (χ3v) is 3.44. The first kappa shape index (κ1) is 15.7. The maximum atomic E-state index is 12.3. The van der Waals surface area contributed by atoms with E-state index in [-0.39, 0.29) is 18.4 Å². The Balaban J connectivity index is 2.74. The number of amides is 1. The second kappa shape index (κ2) is 7.92. The first-order valence-electron chi connectivity index (χ1n) is 6.79. The van der Waals surface area contributed by atoms with Crippen molar-refractivity contribution in [3.05, 3.63) is 35.9 Å². The van der Waals surface area contributed by atoms with Crippen molar-refractivity contribution in [2.75, 3.05) is 13.2 Å². The average molecular weight is 264 g/mol. The number of carbonyl (C=O) groups is 1. The molecule has 0 heterocycles. The molecule has 0 fully saturated rings. The molecular formula is C15H24N2O2. The zero-order valence-electron chi connectivity index (χ0n) is 11.7. The lowest BCUT2D eigenvalue weighted by Gasteiger charge is -2.27. The monoisotopic (exact) mass is 264 g/mol. The smallest absolute Gasteiger partial charge is 0.240 e. The van der Waals surface area contributed by atoms with Crippen LogP contribution in [-0.4, -0.2) is 35.1 Å². The van der Waals surface area contributed by atoms with Crippen LogP contribution >= 0.6 is 0 Å². The fourth-order valence-electron chi connectivity index (χ4n) is 1.90. The molecule has 1 unspecified atom stereocenters. The van der Waals surface area contributed by atoms with Gasteiger partial charge in [0.2, 0.25) is 5.91 Å². The van der Waals surface area contributed by atoms with Gasteiger partial charge < -0.3 is 15.7 Å². The van der Waals surface area contributed by atoms with Gasteiger partial charge in [-0.3, -0.25) is 4.79 Å². The summed E-state index contributed by atoms with van der Waals surface area (Å²) in [5.41, 5.74) is 7.03. The Kier molecular flexibility index (Phi) is 6.53. The van der Waals surface area contributed by atoms with Gasteiger partial charge in [-0.05, 0) is 11.5 Å². The lowest BCUT2D eigenvalue weighted by molar-refractivity contribution is -0.134. The Morgan fingerprint density at radius 1 is 1.37 bits per heavy atom. The van der Waals surface area contributed by atoms with Crippen molar-refractivity contribution in [2.45, 2.75) is 32.9 Å². The van der Waals surface area contributed by atoms with Crippen LogP contribution in [0.15, 0.2) is 30.3 Å². The van der Waals surface area contributed by atoms with Gasteiger partial charge in [-0.2, -0.15) is 0 Å². The van der Waals surface area contributed by atoms with Crippen LogP contribution in [0.3, 0.4) is 0 Å². The molecule has 4 heteroatoms. The van der Waals surface area contributed by atoms with E-state index in [0.717, 1.165) is 12.0 Å². The van der Waals surface area contributed by atoms with Crippen LogP contribution in [0.25, 0.3) is 0 Å². The molecule has 3 N–H and O–H groups in total. The zero-order valence-corrected chi connectivity index (χ0v) is 11.7. The molecule has 4 nitrogen and oxygen atoms in total. The third-order valence-electron chi connectivity index (χ3n) is 3.44. The molecule has 0 aliphatic carbocycles. The molecule has 0 saturated carbocycles. The Hall–Kier alpha value is -1.39. The normalized spacial score (nSPS) is 13.9. The molecule has 0 spiro atoms. The van der Waals surface area contributed by atoms with E-state index in [4.69, 9.17) is 10.8 Å². The lowest BCUT2D eigenvalue weighted by atomic mass is 9.98. The number of rotatable bonds is 7. The minimum absolute atomic E-state index is 0.0498. The molecule has 2 atom stereocenters. The van der Waals surface area contributed by atoms with Crippen molar-refractivity contribution in [1.29, 1.82) is 0 Å². The van der Waals surface area contributed by atoms with Gasteiger partial charge in [-0.15, -0.1) is 0 Å². The molecule has 1 rings (SSSR count). The number of aliphatic hydroxyl groups is 1. The molecule has 106 valence electrons. The van der Waals surface area contributed by atoms with Gasteiger partial charge in [0.1, 0.15) is 0 Å². The fourth-order valence-corrected chi connectivity index (χ4v) is 1.90. The van der Waals surface area contributed by atoms with E-state index in [2.05, 4.69) is 0 Å². The number of nitrogens with two attached hydrogens (primary N) is 1. The number of benzene rings is 1. The second-order valence-electron chi connectivity index (χ2n) is 4.88. The number of nitrogens with zero attached hydrogens (tertiary/aromatic N) is 1. The summed E-state index contributed by atoms with van der Waals surface area (Å²) in [4.78, 5) is 14.0. The van der Waals surface area contributed by atoms with Crippen molar-refractivity contribution >= 4 is 5.91 Å². The van der Waals surface area contributed by atoms with Crippen molar-refractivity contribution < 1.29 is 9.90 Å². The maximum absolute atomic E-state index is 12.3. The molecular weight excluding hydrogens is 240 g/mol. The Morgan fingerprint density at radius 2 is 2.00 bits per heavy atom. The minimum Gasteiger partial charge on any atom is -0.395 e. The molecule has 0 aliphatic heterocycles. The summed E-state index contributed by atoms with van der Waals surface area (Å²) in [5, 5.41) is 9.11. The summed E-state index contributed by atoms with van der Waals surface area (Å²) in [5.74, 6) is 0.0525. The molecule has 0 radical (unpaired) electrons. The van der Waals surface area contributed by atoms with Crippen molar-refractivity contribution in [3.8, 4) is 0 Å². The summed E-state index contributed by atoms with van der Waals surface area (Å²) in [6, 6.07) is 9.24. The van der Waals surface area contributed by atoms with Gasteiger partial charge in [0.15, 0.2) is 0 Å². The Bertz CT molecular complexity index is 381. The van der Waals surface area contributed by atoms with Crippen LogP contribution in [0.2, 0.25) is 0 Å². The highest BCUT2D eigenvalue weighted by molar-refractivity contribution is 5.82. The van der Waals surface area contributed by atoms with Crippen LogP contribution in [0.1, 0.15) is 25.8 Å². The quantitative estimate of drug-likeness (QED) is 0.782. The van der Waals surface area contributed by atoms with Crippen LogP contribution in [0.5, 0.6) is 0 Å². The summed E-state index contributed by atoms with van der Waals surface area (Å²) in [6.07, 6.45) is 0.866. The van der Waals surface area contributed by atoms with Crippen LogP contribution < -0.4 is 5.73 Å². The Morgan fingerprint density at radius 3 is 2.53 bits per heavy atom. The van der Waals surface area contributed by atoms with E-state index in [1.54, 1.807) is 4.90 Å². The van der Waals surface area contributed by atoms with Gasteiger partial charge >= 0.3 is 0 Å². The predicted octanol–water partition coefficient (Wildman–Crippen LogP) is 1.38. The largest absolute Gasteiger partial charge is 0.395 e. The minimum atomic E-state index is -0.500. The van der Waals surface area contributed by atoms with E-state index in [0.29, 0.717) is 13.1 Å². The van der Waals surface area contributed by atoms with Gasteiger partial charge in [-0.1, -0.05) is 50.6 Å². The first-order valence-corrected chi connectivity index (χ1v) is 6.79. The zero-order chi connectivity index (χ0) is 14.3. The van der Waals surface area contributed by atoms with Crippen LogP contribution in [0.4, 0.5) is 0 Å². The maximum Gasteiger partial charge on any atom is 0.240 e. The predicted molar refractivity (Wildman–Crippen MR) is 76.4 cm³/mol. The van der Waals surface area contributed by atoms with Gasteiger partial charge in [0.25, 0.3) is 0 Å². The van der Waals surface area contributed by atoms with Crippen molar-refractivity contribution in [1.82, 2.24) is 4.90 Å². The third kappa shape index (κ3) is 4.65. The number of hydrogen-bond donors (Lipinski definition) is 2. The van der Waals surface area contributed by atoms with E-state index in [9.17, 15) is 4.79 Å². The number of aliphatic hydroxyl groups excluding tert-OH is 1. The van der Waals surface area contributed by atoms with Crippen LogP contribution in [0, 0.1) is 5.92 Å². The molecule has 0 saturated heterocycles. The average Bonchev–Trinajstić information content (AvgIpc) is 2.45. The van der Waals surface area contributed by atoms with Gasteiger partial charge in [-0.25, -0.2) is 0 Å². The van der Waals surface area contributed by atoms with E-state index in [1.807, 2.05) is 44.2 Å². The Labute approximate surface area is 115 Å². The molecule has 1 amide bonds. The fraction of sp³-hybridized carbons (Fsp3) is 0.533. The van der Waals surface area contributed by atoms with Crippen molar-refractivity contribution in [3.63, 3.8) is 0 Å². The molecule has 0 aliphatic rings. The standard InChI is InChI=1S/C15H24N2O2/c1-3-12(2)14(16)15(19)17(9-10-18)11-13-7-5-4-6-8-13/h4-8,12,14,18H,3,9-11,16H2,1-2H3/t12?,14-/m0/s1. The molecule has 0 aromatic heterocycles. The highest BCUT2D eigenvalue weighted by atomic mass is 16.3. The van der Waals surface area contributed by atoms with Gasteiger partial charge in [0, 0.05) is 13.1 Å². The lowest BCUT2D eigenvalue weighted by Crippen LogP contribution is -2.47. The SMILES string of the molecule is CCC(C)[C@H](N)C(=O)N(CCO)Cc1ccccc1. The van der Waals surface area contributed by atoms with Crippen molar-refractivity contribution in [2.24, 2.45) is 11.7 Å².